The van der Waals surface area contributed by atoms with Gasteiger partial charge >= 0.3 is 6.18 Å². The number of aryl methyl sites for hydroxylation is 1. The van der Waals surface area contributed by atoms with E-state index < -0.39 is 11.9 Å². The average Bonchev–Trinajstić information content (AvgIpc) is 3.42. The molecule has 1 aromatic carbocycles. The fraction of sp³-hybridized carbons (Fsp3) is 0.190. The maximum absolute atomic E-state index is 13.0. The molecule has 0 aliphatic heterocycles. The number of halogens is 3. The van der Waals surface area contributed by atoms with Crippen LogP contribution in [0.15, 0.2) is 47.2 Å². The molecule has 0 atom stereocenters. The highest BCUT2D eigenvalue weighted by atomic mass is 32.1. The summed E-state index contributed by atoms with van der Waals surface area (Å²) in [6, 6.07) is 11.0. The molecule has 0 saturated heterocycles. The quantitative estimate of drug-likeness (QED) is 0.339. The molecule has 4 aromatic rings. The summed E-state index contributed by atoms with van der Waals surface area (Å²) < 4.78 is 49.9. The van der Waals surface area contributed by atoms with Gasteiger partial charge in [0.05, 0.1) is 17.7 Å². The molecule has 0 amide bonds. The molecular formula is C21H16F3N3O2S2. The minimum absolute atomic E-state index is 0.0812. The SMILES string of the molecule is COc1ccc(COc2cc(-c3sccc3C)nc(-c3nc(C(F)(F)F)cs3)n2)cc1. The Bertz CT molecular complexity index is 1190. The normalized spacial score (nSPS) is 11.5. The highest BCUT2D eigenvalue weighted by molar-refractivity contribution is 7.13. The van der Waals surface area contributed by atoms with Crippen molar-refractivity contribution in [2.24, 2.45) is 0 Å². The van der Waals surface area contributed by atoms with Crippen LogP contribution in [-0.4, -0.2) is 22.1 Å². The van der Waals surface area contributed by atoms with E-state index in [1.807, 2.05) is 42.6 Å². The van der Waals surface area contributed by atoms with Crippen molar-refractivity contribution in [3.63, 3.8) is 0 Å². The van der Waals surface area contributed by atoms with E-state index in [0.29, 0.717) is 5.69 Å². The summed E-state index contributed by atoms with van der Waals surface area (Å²) in [5.41, 5.74) is 1.51. The molecule has 4 rings (SSSR count). The number of rotatable bonds is 6. The number of nitrogens with zero attached hydrogens (tertiary/aromatic N) is 3. The van der Waals surface area contributed by atoms with Gasteiger partial charge in [-0.1, -0.05) is 12.1 Å². The molecule has 0 aliphatic rings. The summed E-state index contributed by atoms with van der Waals surface area (Å²) in [6.07, 6.45) is -4.52. The fourth-order valence-corrected chi connectivity index (χ4v) is 4.38. The number of alkyl halides is 3. The number of thiophene rings is 1. The highest BCUT2D eigenvalue weighted by Crippen LogP contribution is 2.35. The summed E-state index contributed by atoms with van der Waals surface area (Å²) in [5.74, 6) is 1.08. The molecule has 0 unspecified atom stereocenters. The Morgan fingerprint density at radius 2 is 1.77 bits per heavy atom. The van der Waals surface area contributed by atoms with Crippen LogP contribution in [-0.2, 0) is 12.8 Å². The maximum atomic E-state index is 13.0. The Labute approximate surface area is 184 Å². The predicted molar refractivity (Wildman–Crippen MR) is 114 cm³/mol. The number of hydrogen-bond donors (Lipinski definition) is 0. The van der Waals surface area contributed by atoms with Crippen LogP contribution in [0.3, 0.4) is 0 Å². The van der Waals surface area contributed by atoms with Crippen LogP contribution < -0.4 is 9.47 Å². The van der Waals surface area contributed by atoms with Crippen LogP contribution in [0.25, 0.3) is 21.4 Å². The molecule has 31 heavy (non-hydrogen) atoms. The van der Waals surface area contributed by atoms with E-state index in [4.69, 9.17) is 9.47 Å². The van der Waals surface area contributed by atoms with Gasteiger partial charge < -0.3 is 9.47 Å². The number of methoxy groups -OCH3 is 1. The molecule has 0 bridgehead atoms. The first-order chi connectivity index (χ1) is 14.8. The molecule has 0 aliphatic carbocycles. The van der Waals surface area contributed by atoms with E-state index >= 15 is 0 Å². The minimum atomic E-state index is -4.52. The second-order valence-electron chi connectivity index (χ2n) is 6.52. The Kier molecular flexibility index (Phi) is 5.92. The lowest BCUT2D eigenvalue weighted by atomic mass is 10.2. The van der Waals surface area contributed by atoms with Crippen molar-refractivity contribution in [2.45, 2.75) is 19.7 Å². The number of aromatic nitrogens is 3. The van der Waals surface area contributed by atoms with E-state index in [9.17, 15) is 13.2 Å². The lowest BCUT2D eigenvalue weighted by Gasteiger charge is -2.09. The van der Waals surface area contributed by atoms with Gasteiger partial charge in [-0.3, -0.25) is 0 Å². The van der Waals surface area contributed by atoms with E-state index in [0.717, 1.165) is 38.5 Å². The average molecular weight is 464 g/mol. The molecular weight excluding hydrogens is 447 g/mol. The second-order valence-corrected chi connectivity index (χ2v) is 8.29. The van der Waals surface area contributed by atoms with Gasteiger partial charge in [0.25, 0.3) is 0 Å². The third kappa shape index (κ3) is 4.86. The molecule has 5 nitrogen and oxygen atoms in total. The van der Waals surface area contributed by atoms with Gasteiger partial charge in [-0.25, -0.2) is 9.97 Å². The van der Waals surface area contributed by atoms with Gasteiger partial charge in [0, 0.05) is 11.4 Å². The molecule has 10 heteroatoms. The van der Waals surface area contributed by atoms with Crippen LogP contribution in [0.5, 0.6) is 11.6 Å². The number of hydrogen-bond acceptors (Lipinski definition) is 7. The highest BCUT2D eigenvalue weighted by Gasteiger charge is 2.34. The van der Waals surface area contributed by atoms with Crippen molar-refractivity contribution in [3.05, 3.63) is 64.0 Å². The molecule has 0 spiro atoms. The first-order valence-corrected chi connectivity index (χ1v) is 10.8. The van der Waals surface area contributed by atoms with Crippen LogP contribution in [0.1, 0.15) is 16.8 Å². The van der Waals surface area contributed by atoms with Gasteiger partial charge in [-0.05, 0) is 41.6 Å². The van der Waals surface area contributed by atoms with E-state index in [2.05, 4.69) is 15.0 Å². The first-order valence-electron chi connectivity index (χ1n) is 9.06. The standard InChI is InChI=1S/C21H16F3N3O2S2/c1-12-7-8-30-18(12)15-9-17(29-10-13-3-5-14(28-2)6-4-13)27-19(25-15)20-26-16(11-31-20)21(22,23)24/h3-9,11H,10H2,1-2H3. The third-order valence-electron chi connectivity index (χ3n) is 4.33. The lowest BCUT2D eigenvalue weighted by Crippen LogP contribution is -2.05. The topological polar surface area (TPSA) is 57.1 Å². The number of benzene rings is 1. The van der Waals surface area contributed by atoms with E-state index in [-0.39, 0.29) is 23.3 Å². The third-order valence-corrected chi connectivity index (χ3v) is 6.21. The van der Waals surface area contributed by atoms with Gasteiger partial charge in [0.2, 0.25) is 5.88 Å². The van der Waals surface area contributed by atoms with Gasteiger partial charge in [-0.2, -0.15) is 18.2 Å². The Hall–Kier alpha value is -2.98. The predicted octanol–water partition coefficient (Wildman–Crippen LogP) is 6.24. The van der Waals surface area contributed by atoms with Crippen LogP contribution >= 0.6 is 22.7 Å². The summed E-state index contributed by atoms with van der Waals surface area (Å²) in [6.45, 7) is 2.17. The van der Waals surface area contributed by atoms with Crippen LogP contribution in [0, 0.1) is 6.92 Å². The van der Waals surface area contributed by atoms with Crippen molar-refractivity contribution in [3.8, 4) is 33.0 Å². The van der Waals surface area contributed by atoms with Crippen molar-refractivity contribution in [2.75, 3.05) is 7.11 Å². The second kappa shape index (κ2) is 8.64. The van der Waals surface area contributed by atoms with Crippen molar-refractivity contribution in [1.29, 1.82) is 0 Å². The molecule has 0 fully saturated rings. The zero-order chi connectivity index (χ0) is 22.0. The summed E-state index contributed by atoms with van der Waals surface area (Å²) >= 11 is 2.33. The Morgan fingerprint density at radius 1 is 1.00 bits per heavy atom. The molecule has 0 N–H and O–H groups in total. The van der Waals surface area contributed by atoms with Crippen molar-refractivity contribution >= 4 is 22.7 Å². The van der Waals surface area contributed by atoms with Crippen molar-refractivity contribution in [1.82, 2.24) is 15.0 Å². The number of thiazole rings is 1. The molecule has 160 valence electrons. The Morgan fingerprint density at radius 3 is 2.39 bits per heavy atom. The van der Waals surface area contributed by atoms with Gasteiger partial charge in [0.15, 0.2) is 16.5 Å². The summed E-state index contributed by atoms with van der Waals surface area (Å²) in [7, 11) is 1.59. The zero-order valence-electron chi connectivity index (χ0n) is 16.4. The van der Waals surface area contributed by atoms with Gasteiger partial charge in [-0.15, -0.1) is 22.7 Å². The Balaban J connectivity index is 1.68. The summed E-state index contributed by atoms with van der Waals surface area (Å²) in [4.78, 5) is 13.3. The lowest BCUT2D eigenvalue weighted by molar-refractivity contribution is -0.140. The fourth-order valence-electron chi connectivity index (χ4n) is 2.73. The number of ether oxygens (including phenoxy) is 2. The first kappa shape index (κ1) is 21.3. The smallest absolute Gasteiger partial charge is 0.434 e. The van der Waals surface area contributed by atoms with E-state index in [1.165, 1.54) is 11.3 Å². The molecule has 3 heterocycles. The monoisotopic (exact) mass is 463 g/mol. The minimum Gasteiger partial charge on any atom is -0.497 e. The summed E-state index contributed by atoms with van der Waals surface area (Å²) in [5, 5.41) is 2.97. The largest absolute Gasteiger partial charge is 0.497 e. The molecule has 0 saturated carbocycles. The van der Waals surface area contributed by atoms with Crippen LogP contribution in [0.2, 0.25) is 0 Å². The van der Waals surface area contributed by atoms with E-state index in [1.54, 1.807) is 13.2 Å². The molecule has 0 radical (unpaired) electrons. The van der Waals surface area contributed by atoms with Crippen molar-refractivity contribution < 1.29 is 22.6 Å². The molecule has 3 aromatic heterocycles. The van der Waals surface area contributed by atoms with Crippen LogP contribution in [0.4, 0.5) is 13.2 Å². The van der Waals surface area contributed by atoms with Gasteiger partial charge in [0.1, 0.15) is 12.4 Å². The maximum Gasteiger partial charge on any atom is 0.434 e. The zero-order valence-corrected chi connectivity index (χ0v) is 18.1.